The van der Waals surface area contributed by atoms with Gasteiger partial charge in [0.25, 0.3) is 5.56 Å². The van der Waals surface area contributed by atoms with E-state index in [1.54, 1.807) is 24.5 Å². The molecule has 0 spiro atoms. The number of hydrogen-bond acceptors (Lipinski definition) is 11. The van der Waals surface area contributed by atoms with Gasteiger partial charge in [0.1, 0.15) is 12.2 Å². The van der Waals surface area contributed by atoms with Gasteiger partial charge in [0.15, 0.2) is 0 Å². The number of rotatable bonds is 6. The Bertz CT molecular complexity index is 2190. The number of halogens is 3. The standard InChI is InChI=1S/C25H16F3N8O6P.2Na/c26-25(27,28)15-3-1-4-16(9-15)36-21-17(22(37)34(24(36)38)13-42-43(39,40)41)12-29-19-6-5-18(33-20(19)21)14-10-30-23(31-11-14)35-8-2-7-32-35;;/h1-12H,13H2,(H2,39,40,41);;/q;2*+1/p-2. The molecule has 5 heterocycles. The Morgan fingerprint density at radius 3 is 2.33 bits per heavy atom. The summed E-state index contributed by atoms with van der Waals surface area (Å²) < 4.78 is 58.5. The topological polar surface area (TPSA) is 186 Å². The van der Waals surface area contributed by atoms with Crippen LogP contribution in [0.3, 0.4) is 0 Å². The van der Waals surface area contributed by atoms with E-state index in [4.69, 9.17) is 0 Å². The van der Waals surface area contributed by atoms with Crippen LogP contribution < -0.4 is 80.2 Å². The fourth-order valence-electron chi connectivity index (χ4n) is 4.31. The molecule has 0 saturated heterocycles. The molecule has 0 aliphatic rings. The van der Waals surface area contributed by atoms with Gasteiger partial charge >= 0.3 is 71.0 Å². The zero-order valence-electron chi connectivity index (χ0n) is 23.2. The summed E-state index contributed by atoms with van der Waals surface area (Å²) in [7, 11) is -5.65. The fourth-order valence-corrected chi connectivity index (χ4v) is 4.56. The van der Waals surface area contributed by atoms with E-state index in [1.807, 2.05) is 0 Å². The van der Waals surface area contributed by atoms with Crippen LogP contribution in [0.25, 0.3) is 44.8 Å². The predicted octanol–water partition coefficient (Wildman–Crippen LogP) is -4.43. The van der Waals surface area contributed by atoms with Gasteiger partial charge in [0, 0.05) is 36.5 Å². The SMILES string of the molecule is O=c1c2cnc3ccc(-c4cnc(-n5cccn5)nc4)nc3c2n(-c2cccc(C(F)(F)F)c2)c(=O)n1COP(=O)([O-])[O-].[Na+].[Na+]. The summed E-state index contributed by atoms with van der Waals surface area (Å²) in [6, 6.07) is 8.44. The van der Waals surface area contributed by atoms with Gasteiger partial charge in [-0.15, -0.1) is 0 Å². The van der Waals surface area contributed by atoms with Crippen molar-refractivity contribution in [2.45, 2.75) is 12.9 Å². The largest absolute Gasteiger partial charge is 1.00 e. The normalized spacial score (nSPS) is 11.8. The zero-order chi connectivity index (χ0) is 30.5. The maximum Gasteiger partial charge on any atom is 1.00 e. The average Bonchev–Trinajstić information content (AvgIpc) is 3.51. The van der Waals surface area contributed by atoms with Crippen molar-refractivity contribution in [3.63, 3.8) is 0 Å². The monoisotopic (exact) mass is 656 g/mol. The summed E-state index contributed by atoms with van der Waals surface area (Å²) in [5.74, 6) is 0.267. The molecule has 0 unspecified atom stereocenters. The van der Waals surface area contributed by atoms with Crippen LogP contribution >= 0.6 is 7.82 Å². The summed E-state index contributed by atoms with van der Waals surface area (Å²) >= 11 is 0. The maximum absolute atomic E-state index is 13.6. The van der Waals surface area contributed by atoms with Crippen LogP contribution in [-0.2, 0) is 22.0 Å². The van der Waals surface area contributed by atoms with Crippen molar-refractivity contribution in [2.75, 3.05) is 0 Å². The zero-order valence-corrected chi connectivity index (χ0v) is 28.1. The van der Waals surface area contributed by atoms with Crippen molar-refractivity contribution in [3.8, 4) is 22.9 Å². The Morgan fingerprint density at radius 2 is 1.69 bits per heavy atom. The van der Waals surface area contributed by atoms with Crippen LogP contribution in [-0.4, -0.2) is 38.9 Å². The van der Waals surface area contributed by atoms with Crippen LogP contribution in [0.2, 0.25) is 0 Å². The third-order valence-electron chi connectivity index (χ3n) is 6.23. The Balaban J connectivity index is 0.00000230. The van der Waals surface area contributed by atoms with Crippen LogP contribution in [0.1, 0.15) is 5.56 Å². The molecule has 218 valence electrons. The summed E-state index contributed by atoms with van der Waals surface area (Å²) in [6.07, 6.45) is 2.35. The number of aromatic nitrogens is 8. The van der Waals surface area contributed by atoms with Gasteiger partial charge in [-0.25, -0.2) is 29.0 Å². The Hall–Kier alpha value is -3.09. The molecule has 6 aromatic rings. The molecule has 20 heteroatoms. The van der Waals surface area contributed by atoms with E-state index in [9.17, 15) is 37.1 Å². The van der Waals surface area contributed by atoms with Crippen LogP contribution in [0.4, 0.5) is 13.2 Å². The summed E-state index contributed by atoms with van der Waals surface area (Å²) in [5.41, 5.74) is -3.29. The second kappa shape index (κ2) is 13.3. The van der Waals surface area contributed by atoms with Gasteiger partial charge < -0.3 is 18.9 Å². The van der Waals surface area contributed by atoms with Gasteiger partial charge in [0.2, 0.25) is 5.95 Å². The predicted molar refractivity (Wildman–Crippen MR) is 139 cm³/mol. The number of alkyl halides is 3. The Kier molecular flexibility index (Phi) is 10.3. The molecule has 1 aromatic carbocycles. The molecular weight excluding hydrogens is 642 g/mol. The van der Waals surface area contributed by atoms with Gasteiger partial charge in [-0.1, -0.05) is 6.07 Å². The molecule has 6 rings (SSSR count). The molecular formula is C25H14F3N8Na2O6P. The molecule has 0 aliphatic heterocycles. The first-order valence-corrected chi connectivity index (χ1v) is 13.5. The molecule has 0 bridgehead atoms. The van der Waals surface area contributed by atoms with E-state index in [0.717, 1.165) is 22.9 Å². The molecule has 0 fully saturated rings. The first-order valence-electron chi connectivity index (χ1n) is 12.0. The third kappa shape index (κ3) is 7.02. The Morgan fingerprint density at radius 1 is 0.956 bits per heavy atom. The molecule has 0 amide bonds. The van der Waals surface area contributed by atoms with Crippen molar-refractivity contribution < 1.29 is 91.2 Å². The van der Waals surface area contributed by atoms with Crippen LogP contribution in [0.5, 0.6) is 0 Å². The van der Waals surface area contributed by atoms with Gasteiger partial charge in [0.05, 0.1) is 41.2 Å². The van der Waals surface area contributed by atoms with Crippen molar-refractivity contribution >= 4 is 29.8 Å². The van der Waals surface area contributed by atoms with E-state index >= 15 is 0 Å². The van der Waals surface area contributed by atoms with E-state index in [0.29, 0.717) is 11.6 Å². The average molecular weight is 656 g/mol. The second-order valence-electron chi connectivity index (χ2n) is 8.91. The van der Waals surface area contributed by atoms with Gasteiger partial charge in [-0.05, 0) is 36.4 Å². The smallest absolute Gasteiger partial charge is 0.790 e. The maximum atomic E-state index is 13.6. The van der Waals surface area contributed by atoms with E-state index in [1.165, 1.54) is 29.2 Å². The van der Waals surface area contributed by atoms with Crippen LogP contribution in [0.15, 0.2) is 83.0 Å². The van der Waals surface area contributed by atoms with E-state index in [2.05, 4.69) is 29.6 Å². The minimum absolute atomic E-state index is 0. The van der Waals surface area contributed by atoms with Crippen molar-refractivity contribution in [1.82, 2.24) is 38.9 Å². The molecule has 0 atom stereocenters. The first-order chi connectivity index (χ1) is 20.4. The second-order valence-corrected chi connectivity index (χ2v) is 10.1. The number of phosphoric acid groups is 1. The summed E-state index contributed by atoms with van der Waals surface area (Å²) in [6.45, 7) is -1.32. The quantitative estimate of drug-likeness (QED) is 0.0957. The molecule has 5 aromatic heterocycles. The molecule has 0 radical (unpaired) electrons. The first kappa shape index (κ1) is 34.8. The number of benzene rings is 1. The number of hydrogen-bond donors (Lipinski definition) is 0. The Labute approximate surface area is 293 Å². The van der Waals surface area contributed by atoms with E-state index in [-0.39, 0.29) is 103 Å². The molecule has 14 nitrogen and oxygen atoms in total. The van der Waals surface area contributed by atoms with Crippen molar-refractivity contribution in [3.05, 3.63) is 99.9 Å². The third-order valence-corrected chi connectivity index (χ3v) is 6.66. The minimum Gasteiger partial charge on any atom is -0.790 e. The molecule has 0 aliphatic carbocycles. The number of nitrogens with zero attached hydrogens (tertiary/aromatic N) is 8. The molecule has 0 N–H and O–H groups in total. The summed E-state index contributed by atoms with van der Waals surface area (Å²) in [5, 5.41) is 3.72. The number of pyridine rings is 2. The van der Waals surface area contributed by atoms with Crippen LogP contribution in [0, 0.1) is 0 Å². The number of fused-ring (bicyclic) bond motifs is 3. The minimum atomic E-state index is -5.65. The van der Waals surface area contributed by atoms with Crippen molar-refractivity contribution in [2.24, 2.45) is 0 Å². The van der Waals surface area contributed by atoms with Gasteiger partial charge in [-0.2, -0.15) is 18.3 Å². The van der Waals surface area contributed by atoms with E-state index < -0.39 is 37.5 Å². The van der Waals surface area contributed by atoms with Gasteiger partial charge in [-0.3, -0.25) is 14.3 Å². The number of phosphoric ester groups is 1. The van der Waals surface area contributed by atoms with Crippen molar-refractivity contribution in [1.29, 1.82) is 0 Å². The fraction of sp³-hybridized carbons (Fsp3) is 0.0800. The molecule has 0 saturated carbocycles. The molecule has 45 heavy (non-hydrogen) atoms. The summed E-state index contributed by atoms with van der Waals surface area (Å²) in [4.78, 5) is 66.4.